The smallest absolute Gasteiger partial charge is 0.373 e. The standard InChI is InChI=1S/C25H19NO8S/c1-32-24(30)20-11-10-18(34-20)13-26-22(27)21(35-25(26)31)12-17-4-2-3-5-19(17)33-14-15-6-8-16(9-7-15)23(28)29/h2-12H,13-14H2,1H3,(H,28,29)/b21-12+. The van der Waals surface area contributed by atoms with Gasteiger partial charge in [-0.05, 0) is 53.7 Å². The van der Waals surface area contributed by atoms with Crippen molar-refractivity contribution in [2.45, 2.75) is 13.2 Å². The van der Waals surface area contributed by atoms with Crippen molar-refractivity contribution >= 4 is 40.9 Å². The SMILES string of the molecule is COC(=O)c1ccc(CN2C(=O)S/C(=C/c3ccccc3OCc3ccc(C(=O)O)cc3)C2=O)o1. The number of nitrogens with zero attached hydrogens (tertiary/aromatic N) is 1. The van der Waals surface area contributed by atoms with Crippen LogP contribution in [-0.4, -0.2) is 40.2 Å². The molecular formula is C25H19NO8S. The number of carboxylic acid groups (broad SMARTS) is 1. The van der Waals surface area contributed by atoms with E-state index in [0.29, 0.717) is 11.3 Å². The van der Waals surface area contributed by atoms with Gasteiger partial charge in [0.05, 0.1) is 24.1 Å². The molecule has 0 bridgehead atoms. The first-order chi connectivity index (χ1) is 16.9. The molecule has 0 spiro atoms. The number of esters is 1. The number of hydrogen-bond donors (Lipinski definition) is 1. The Labute approximate surface area is 203 Å². The summed E-state index contributed by atoms with van der Waals surface area (Å²) in [6.45, 7) is 0.0662. The highest BCUT2D eigenvalue weighted by molar-refractivity contribution is 8.18. The summed E-state index contributed by atoms with van der Waals surface area (Å²) in [5.74, 6) is -1.40. The lowest BCUT2D eigenvalue weighted by Crippen LogP contribution is -2.27. The summed E-state index contributed by atoms with van der Waals surface area (Å²) in [5, 5.41) is 8.55. The van der Waals surface area contributed by atoms with E-state index in [0.717, 1.165) is 22.2 Å². The largest absolute Gasteiger partial charge is 0.488 e. The van der Waals surface area contributed by atoms with E-state index in [1.807, 2.05) is 0 Å². The van der Waals surface area contributed by atoms with Crippen molar-refractivity contribution in [1.29, 1.82) is 0 Å². The van der Waals surface area contributed by atoms with Crippen molar-refractivity contribution in [3.8, 4) is 5.75 Å². The summed E-state index contributed by atoms with van der Waals surface area (Å²) >= 11 is 0.795. The van der Waals surface area contributed by atoms with Crippen LogP contribution >= 0.6 is 11.8 Å². The molecule has 1 fully saturated rings. The molecule has 3 aromatic rings. The summed E-state index contributed by atoms with van der Waals surface area (Å²) in [6.07, 6.45) is 1.58. The monoisotopic (exact) mass is 493 g/mol. The normalized spacial score (nSPS) is 14.4. The number of carbonyl (C=O) groups is 4. The lowest BCUT2D eigenvalue weighted by Gasteiger charge is -2.11. The van der Waals surface area contributed by atoms with Gasteiger partial charge in [-0.2, -0.15) is 0 Å². The van der Waals surface area contributed by atoms with E-state index in [-0.39, 0.29) is 35.1 Å². The molecule has 2 aromatic carbocycles. The Morgan fingerprint density at radius 2 is 1.80 bits per heavy atom. The van der Waals surface area contributed by atoms with E-state index in [1.54, 1.807) is 42.5 Å². The maximum atomic E-state index is 12.9. The second-order valence-electron chi connectivity index (χ2n) is 7.35. The highest BCUT2D eigenvalue weighted by atomic mass is 32.2. The molecule has 10 heteroatoms. The molecule has 2 amide bonds. The maximum absolute atomic E-state index is 12.9. The zero-order chi connectivity index (χ0) is 24.9. The fourth-order valence-corrected chi connectivity index (χ4v) is 4.07. The number of thioether (sulfide) groups is 1. The van der Waals surface area contributed by atoms with Gasteiger partial charge in [0.1, 0.15) is 18.1 Å². The molecule has 4 rings (SSSR count). The lowest BCUT2D eigenvalue weighted by molar-refractivity contribution is -0.123. The first kappa shape index (κ1) is 23.8. The molecule has 9 nitrogen and oxygen atoms in total. The van der Waals surface area contributed by atoms with E-state index in [1.165, 1.54) is 31.4 Å². The molecule has 1 N–H and O–H groups in total. The second-order valence-corrected chi connectivity index (χ2v) is 8.35. The number of carbonyl (C=O) groups excluding carboxylic acids is 3. The number of imide groups is 1. The van der Waals surface area contributed by atoms with Crippen LogP contribution < -0.4 is 4.74 Å². The Morgan fingerprint density at radius 1 is 1.06 bits per heavy atom. The highest BCUT2D eigenvalue weighted by Gasteiger charge is 2.36. The van der Waals surface area contributed by atoms with Gasteiger partial charge in [-0.3, -0.25) is 14.5 Å². The predicted octanol–water partition coefficient (Wildman–Crippen LogP) is 4.58. The Kier molecular flexibility index (Phi) is 7.02. The minimum atomic E-state index is -1.01. The number of benzene rings is 2. The number of para-hydroxylation sites is 1. The van der Waals surface area contributed by atoms with Crippen LogP contribution in [-0.2, 0) is 22.7 Å². The molecule has 0 aliphatic carbocycles. The van der Waals surface area contributed by atoms with Crippen molar-refractivity contribution in [2.24, 2.45) is 0 Å². The number of rotatable bonds is 8. The first-order valence-electron chi connectivity index (χ1n) is 10.3. The lowest BCUT2D eigenvalue weighted by atomic mass is 10.1. The van der Waals surface area contributed by atoms with Gasteiger partial charge in [0.25, 0.3) is 11.1 Å². The Bertz CT molecular complexity index is 1330. The van der Waals surface area contributed by atoms with Gasteiger partial charge in [0.15, 0.2) is 0 Å². The van der Waals surface area contributed by atoms with Crippen LogP contribution in [0.15, 0.2) is 70.0 Å². The number of aromatic carboxylic acids is 1. The molecule has 0 saturated carbocycles. The third-order valence-corrected chi connectivity index (χ3v) is 5.94. The first-order valence-corrected chi connectivity index (χ1v) is 11.1. The zero-order valence-corrected chi connectivity index (χ0v) is 19.2. The molecule has 0 atom stereocenters. The average Bonchev–Trinajstić information content (AvgIpc) is 3.43. The fourth-order valence-electron chi connectivity index (χ4n) is 3.24. The molecule has 2 heterocycles. The van der Waals surface area contributed by atoms with E-state index >= 15 is 0 Å². The van der Waals surface area contributed by atoms with Crippen molar-refractivity contribution in [2.75, 3.05) is 7.11 Å². The Balaban J connectivity index is 1.47. The van der Waals surface area contributed by atoms with Gasteiger partial charge >= 0.3 is 11.9 Å². The van der Waals surface area contributed by atoms with Gasteiger partial charge in [-0.25, -0.2) is 9.59 Å². The zero-order valence-electron chi connectivity index (χ0n) is 18.4. The summed E-state index contributed by atoms with van der Waals surface area (Å²) in [6, 6.07) is 16.3. The van der Waals surface area contributed by atoms with Crippen LogP contribution in [0.3, 0.4) is 0 Å². The van der Waals surface area contributed by atoms with Crippen LogP contribution in [0.5, 0.6) is 5.75 Å². The fraction of sp³-hybridized carbons (Fsp3) is 0.120. The summed E-state index contributed by atoms with van der Waals surface area (Å²) < 4.78 is 15.8. The van der Waals surface area contributed by atoms with Crippen molar-refractivity contribution < 1.29 is 38.2 Å². The van der Waals surface area contributed by atoms with E-state index in [9.17, 15) is 19.2 Å². The van der Waals surface area contributed by atoms with E-state index in [4.69, 9.17) is 14.3 Å². The van der Waals surface area contributed by atoms with Crippen LogP contribution in [0, 0.1) is 0 Å². The highest BCUT2D eigenvalue weighted by Crippen LogP contribution is 2.35. The van der Waals surface area contributed by atoms with Crippen LogP contribution in [0.4, 0.5) is 4.79 Å². The number of hydrogen-bond acceptors (Lipinski definition) is 8. The number of ether oxygens (including phenoxy) is 2. The number of furan rings is 1. The Hall–Kier alpha value is -4.31. The second kappa shape index (κ2) is 10.3. The van der Waals surface area contributed by atoms with Crippen molar-refractivity contribution in [3.63, 3.8) is 0 Å². The molecule has 35 heavy (non-hydrogen) atoms. The summed E-state index contributed by atoms with van der Waals surface area (Å²) in [4.78, 5) is 49.2. The van der Waals surface area contributed by atoms with Gasteiger partial charge < -0.3 is 19.0 Å². The van der Waals surface area contributed by atoms with Gasteiger partial charge in [-0.1, -0.05) is 30.3 Å². The van der Waals surface area contributed by atoms with Gasteiger partial charge in [0, 0.05) is 5.56 Å². The average molecular weight is 493 g/mol. The van der Waals surface area contributed by atoms with Gasteiger partial charge in [0.2, 0.25) is 5.76 Å². The number of amides is 2. The molecule has 1 saturated heterocycles. The van der Waals surface area contributed by atoms with E-state index in [2.05, 4.69) is 4.74 Å². The molecular weight excluding hydrogens is 474 g/mol. The topological polar surface area (TPSA) is 123 Å². The van der Waals surface area contributed by atoms with Crippen molar-refractivity contribution in [3.05, 3.63) is 93.8 Å². The minimum Gasteiger partial charge on any atom is -0.488 e. The third kappa shape index (κ3) is 5.44. The molecule has 1 aromatic heterocycles. The van der Waals surface area contributed by atoms with Crippen molar-refractivity contribution in [1.82, 2.24) is 4.90 Å². The number of carboxylic acids is 1. The maximum Gasteiger partial charge on any atom is 0.373 e. The predicted molar refractivity (Wildman–Crippen MR) is 126 cm³/mol. The summed E-state index contributed by atoms with van der Waals surface area (Å²) in [7, 11) is 1.22. The van der Waals surface area contributed by atoms with Crippen LogP contribution in [0.25, 0.3) is 6.08 Å². The van der Waals surface area contributed by atoms with Crippen LogP contribution in [0.1, 0.15) is 37.8 Å². The quantitative estimate of drug-likeness (QED) is 0.355. The molecule has 178 valence electrons. The molecule has 0 unspecified atom stereocenters. The van der Waals surface area contributed by atoms with Crippen LogP contribution in [0.2, 0.25) is 0 Å². The molecule has 1 aliphatic rings. The molecule has 0 radical (unpaired) electrons. The minimum absolute atomic E-state index is 0.0197. The Morgan fingerprint density at radius 3 is 2.51 bits per heavy atom. The van der Waals surface area contributed by atoms with Gasteiger partial charge in [-0.15, -0.1) is 0 Å². The summed E-state index contributed by atoms with van der Waals surface area (Å²) in [5.41, 5.74) is 1.56. The third-order valence-electron chi connectivity index (χ3n) is 5.04. The molecule has 1 aliphatic heterocycles. The number of methoxy groups -OCH3 is 1. The van der Waals surface area contributed by atoms with E-state index < -0.39 is 23.1 Å².